The number of rotatable bonds is 15. The van der Waals surface area contributed by atoms with Crippen molar-refractivity contribution in [1.82, 2.24) is 5.32 Å². The number of hydrogen-bond acceptors (Lipinski definition) is 4. The van der Waals surface area contributed by atoms with Crippen LogP contribution in [-0.2, 0) is 14.4 Å². The Labute approximate surface area is 212 Å². The van der Waals surface area contributed by atoms with E-state index in [1.54, 1.807) is 30.3 Å². The van der Waals surface area contributed by atoms with E-state index in [9.17, 15) is 24.6 Å². The molecule has 0 unspecified atom stereocenters. The first-order valence-corrected chi connectivity index (χ1v) is 12.8. The zero-order chi connectivity index (χ0) is 26.2. The first kappa shape index (κ1) is 30.0. The van der Waals surface area contributed by atoms with Gasteiger partial charge in [0.1, 0.15) is 6.04 Å². The highest BCUT2D eigenvalue weighted by Crippen LogP contribution is 2.15. The van der Waals surface area contributed by atoms with E-state index in [0.717, 1.165) is 31.8 Å². The van der Waals surface area contributed by atoms with Crippen LogP contribution in [0.4, 0.5) is 0 Å². The van der Waals surface area contributed by atoms with Gasteiger partial charge in [-0.3, -0.25) is 4.79 Å². The molecule has 1 aromatic rings. The summed E-state index contributed by atoms with van der Waals surface area (Å²) in [6.07, 6.45) is 11.6. The minimum Gasteiger partial charge on any atom is -0.480 e. The van der Waals surface area contributed by atoms with E-state index in [1.807, 2.05) is 0 Å². The molecule has 0 saturated carbocycles. The predicted molar refractivity (Wildman–Crippen MR) is 144 cm³/mol. The number of aliphatic carboxylic acids is 2. The van der Waals surface area contributed by atoms with Crippen molar-refractivity contribution in [2.45, 2.75) is 59.4 Å². The molecule has 0 aromatic heterocycles. The third kappa shape index (κ3) is 13.4. The van der Waals surface area contributed by atoms with Crippen molar-refractivity contribution in [2.75, 3.05) is 11.5 Å². The number of allylic oxidation sites excluding steroid dienone is 5. The highest BCUT2D eigenvalue weighted by molar-refractivity contribution is 7.99. The molecule has 0 aliphatic heterocycles. The Hall–Kier alpha value is -3.06. The van der Waals surface area contributed by atoms with Gasteiger partial charge in [-0.15, -0.1) is 0 Å². The van der Waals surface area contributed by atoms with E-state index in [0.29, 0.717) is 11.3 Å². The number of carboxylic acids is 2. The van der Waals surface area contributed by atoms with Crippen LogP contribution in [0.5, 0.6) is 0 Å². The Morgan fingerprint density at radius 1 is 0.914 bits per heavy atom. The summed E-state index contributed by atoms with van der Waals surface area (Å²) in [4.78, 5) is 35.4. The zero-order valence-electron chi connectivity index (χ0n) is 21.0. The number of amides is 1. The third-order valence-electron chi connectivity index (χ3n) is 5.16. The lowest BCUT2D eigenvalue weighted by molar-refractivity contribution is -0.140. The number of carbonyl (C=O) groups is 3. The van der Waals surface area contributed by atoms with Gasteiger partial charge in [0, 0.05) is 17.6 Å². The standard InChI is InChI=1S/C28H37NO5S/c1-20(2)10-8-11-21(3)12-9-13-22(4)16-17-35-19-25(28(33)34)29-26(30)18-24(27(31)32)23-14-6-5-7-15-23/h5-7,10,12,14-16,18,25H,8-9,11,13,17,19H2,1-4H3,(H,29,30)(H,31,32)(H,33,34)/b21-12+,22-16+,24-18-/t25-/m0/s1. The summed E-state index contributed by atoms with van der Waals surface area (Å²) in [6, 6.07) is 7.11. The fourth-order valence-corrected chi connectivity index (χ4v) is 4.13. The fourth-order valence-electron chi connectivity index (χ4n) is 3.13. The van der Waals surface area contributed by atoms with Crippen molar-refractivity contribution >= 4 is 35.2 Å². The first-order chi connectivity index (χ1) is 16.6. The second-order valence-corrected chi connectivity index (χ2v) is 9.70. The Kier molecular flexibility index (Phi) is 14.2. The van der Waals surface area contributed by atoms with Crippen molar-refractivity contribution in [3.63, 3.8) is 0 Å². The van der Waals surface area contributed by atoms with Crippen molar-refractivity contribution in [3.05, 3.63) is 76.9 Å². The third-order valence-corrected chi connectivity index (χ3v) is 6.13. The molecule has 7 heteroatoms. The molecule has 1 amide bonds. The summed E-state index contributed by atoms with van der Waals surface area (Å²) in [5, 5.41) is 21.3. The molecule has 0 radical (unpaired) electrons. The number of thioether (sulfide) groups is 1. The van der Waals surface area contributed by atoms with Gasteiger partial charge in [-0.05, 0) is 58.9 Å². The van der Waals surface area contributed by atoms with Crippen molar-refractivity contribution < 1.29 is 24.6 Å². The molecule has 0 aliphatic rings. The number of carbonyl (C=O) groups excluding carboxylic acids is 1. The summed E-state index contributed by atoms with van der Waals surface area (Å²) >= 11 is 1.40. The Morgan fingerprint density at radius 3 is 2.09 bits per heavy atom. The van der Waals surface area contributed by atoms with Gasteiger partial charge in [0.05, 0.1) is 5.57 Å². The summed E-state index contributed by atoms with van der Waals surface area (Å²) in [5.74, 6) is -2.36. The molecular formula is C28H37NO5S. The van der Waals surface area contributed by atoms with Crippen LogP contribution < -0.4 is 5.32 Å². The minimum absolute atomic E-state index is 0.176. The predicted octanol–water partition coefficient (Wildman–Crippen LogP) is 5.88. The van der Waals surface area contributed by atoms with Crippen LogP contribution in [0.1, 0.15) is 58.9 Å². The Bertz CT molecular complexity index is 972. The van der Waals surface area contributed by atoms with E-state index in [2.05, 4.69) is 51.2 Å². The molecule has 6 nitrogen and oxygen atoms in total. The van der Waals surface area contributed by atoms with Crippen LogP contribution in [0.15, 0.2) is 71.4 Å². The highest BCUT2D eigenvalue weighted by Gasteiger charge is 2.20. The largest absolute Gasteiger partial charge is 0.480 e. The normalized spacial score (nSPS) is 13.2. The molecule has 1 rings (SSSR count). The topological polar surface area (TPSA) is 104 Å². The molecule has 35 heavy (non-hydrogen) atoms. The van der Waals surface area contributed by atoms with Crippen molar-refractivity contribution in [2.24, 2.45) is 0 Å². The zero-order valence-corrected chi connectivity index (χ0v) is 21.9. The van der Waals surface area contributed by atoms with Gasteiger partial charge in [0.2, 0.25) is 5.91 Å². The van der Waals surface area contributed by atoms with Crippen LogP contribution >= 0.6 is 11.8 Å². The van der Waals surface area contributed by atoms with Gasteiger partial charge in [0.25, 0.3) is 0 Å². The lowest BCUT2D eigenvalue weighted by Crippen LogP contribution is -2.42. The van der Waals surface area contributed by atoms with Gasteiger partial charge >= 0.3 is 11.9 Å². The second-order valence-electron chi connectivity index (χ2n) is 8.63. The fraction of sp³-hybridized carbons (Fsp3) is 0.393. The molecule has 0 bridgehead atoms. The van der Waals surface area contributed by atoms with E-state index < -0.39 is 23.9 Å². The van der Waals surface area contributed by atoms with Crippen LogP contribution in [0, 0.1) is 0 Å². The molecule has 0 heterocycles. The first-order valence-electron chi connectivity index (χ1n) is 11.7. The maximum absolute atomic E-state index is 12.3. The van der Waals surface area contributed by atoms with Crippen LogP contribution in [0.3, 0.4) is 0 Å². The molecule has 1 aromatic carbocycles. The smallest absolute Gasteiger partial charge is 0.336 e. The Morgan fingerprint density at radius 2 is 1.51 bits per heavy atom. The minimum atomic E-state index is -1.26. The number of benzene rings is 1. The quantitative estimate of drug-likeness (QED) is 0.158. The number of nitrogens with one attached hydrogen (secondary N) is 1. The van der Waals surface area contributed by atoms with Gasteiger partial charge < -0.3 is 15.5 Å². The molecule has 0 aliphatic carbocycles. The summed E-state index contributed by atoms with van der Waals surface area (Å²) in [7, 11) is 0. The SMILES string of the molecule is CC(C)=CCC/C(C)=C/CC/C(C)=C/CSC[C@H](NC(=O)/C=C(\C(=O)O)c1ccccc1)C(=O)O. The molecular weight excluding hydrogens is 462 g/mol. The number of hydrogen-bond donors (Lipinski definition) is 3. The molecule has 3 N–H and O–H groups in total. The van der Waals surface area contributed by atoms with Crippen molar-refractivity contribution in [3.8, 4) is 0 Å². The van der Waals surface area contributed by atoms with E-state index in [-0.39, 0.29) is 11.3 Å². The van der Waals surface area contributed by atoms with E-state index in [1.165, 1.54) is 28.5 Å². The molecule has 0 fully saturated rings. The average Bonchev–Trinajstić information content (AvgIpc) is 2.79. The monoisotopic (exact) mass is 499 g/mol. The lowest BCUT2D eigenvalue weighted by Gasteiger charge is -2.13. The maximum Gasteiger partial charge on any atom is 0.336 e. The van der Waals surface area contributed by atoms with Gasteiger partial charge in [-0.2, -0.15) is 11.8 Å². The average molecular weight is 500 g/mol. The van der Waals surface area contributed by atoms with E-state index in [4.69, 9.17) is 0 Å². The van der Waals surface area contributed by atoms with Crippen LogP contribution in [-0.4, -0.2) is 45.6 Å². The van der Waals surface area contributed by atoms with Crippen LogP contribution in [0.2, 0.25) is 0 Å². The summed E-state index contributed by atoms with van der Waals surface area (Å²) < 4.78 is 0. The van der Waals surface area contributed by atoms with E-state index >= 15 is 0 Å². The van der Waals surface area contributed by atoms with Gasteiger partial charge in [-0.25, -0.2) is 9.59 Å². The molecule has 0 saturated heterocycles. The Balaban J connectivity index is 2.54. The maximum atomic E-state index is 12.3. The van der Waals surface area contributed by atoms with Gasteiger partial charge in [-0.1, -0.05) is 65.3 Å². The highest BCUT2D eigenvalue weighted by atomic mass is 32.2. The molecule has 1 atom stereocenters. The molecule has 0 spiro atoms. The lowest BCUT2D eigenvalue weighted by atomic mass is 10.1. The van der Waals surface area contributed by atoms with Gasteiger partial charge in [0.15, 0.2) is 0 Å². The summed E-state index contributed by atoms with van der Waals surface area (Å²) in [5.41, 5.74) is 4.14. The number of carboxylic acid groups (broad SMARTS) is 2. The summed E-state index contributed by atoms with van der Waals surface area (Å²) in [6.45, 7) is 8.43. The van der Waals surface area contributed by atoms with Crippen LogP contribution in [0.25, 0.3) is 5.57 Å². The second kappa shape index (κ2) is 16.5. The molecule has 190 valence electrons. The van der Waals surface area contributed by atoms with Crippen molar-refractivity contribution in [1.29, 1.82) is 0 Å².